The Morgan fingerprint density at radius 1 is 0.956 bits per heavy atom. The molecule has 3 aromatic rings. The Morgan fingerprint density at radius 2 is 1.60 bits per heavy atom. The molecule has 0 aromatic heterocycles. The topological polar surface area (TPSA) is 168 Å². The number of nitrogens with zero attached hydrogens (tertiary/aromatic N) is 2. The number of hydrogen-bond acceptors (Lipinski definition) is 7. The number of aromatic hydroxyl groups is 1. The van der Waals surface area contributed by atoms with Gasteiger partial charge in [0.15, 0.2) is 0 Å². The summed E-state index contributed by atoms with van der Waals surface area (Å²) in [4.78, 5) is 56.7. The molecular formula is C34H39N5O6. The van der Waals surface area contributed by atoms with Crippen LogP contribution in [0, 0.1) is 0 Å². The fraction of sp³-hybridized carbons (Fsp3) is 0.353. The van der Waals surface area contributed by atoms with Crippen LogP contribution in [0.15, 0.2) is 78.9 Å². The summed E-state index contributed by atoms with van der Waals surface area (Å²) in [5.74, 6) is -0.891. The van der Waals surface area contributed by atoms with E-state index in [4.69, 9.17) is 16.2 Å². The molecule has 0 spiro atoms. The van der Waals surface area contributed by atoms with Gasteiger partial charge in [0, 0.05) is 26.1 Å². The predicted molar refractivity (Wildman–Crippen MR) is 167 cm³/mol. The number of phenolic OH excluding ortho intramolecular Hbond substituents is 1. The predicted octanol–water partition coefficient (Wildman–Crippen LogP) is 1.25. The van der Waals surface area contributed by atoms with Crippen LogP contribution in [0.1, 0.15) is 29.5 Å². The molecule has 45 heavy (non-hydrogen) atoms. The van der Waals surface area contributed by atoms with Crippen LogP contribution in [0.3, 0.4) is 0 Å². The number of rotatable bonds is 11. The first kappa shape index (κ1) is 31.5. The van der Waals surface area contributed by atoms with Crippen LogP contribution in [-0.2, 0) is 37.4 Å². The molecule has 0 bridgehead atoms. The van der Waals surface area contributed by atoms with Crippen molar-refractivity contribution in [1.82, 2.24) is 15.1 Å². The molecule has 2 heterocycles. The van der Waals surface area contributed by atoms with Gasteiger partial charge >= 0.3 is 0 Å². The maximum atomic E-state index is 14.0. The molecule has 6 N–H and O–H groups in total. The maximum Gasteiger partial charge on any atom is 0.245 e. The second kappa shape index (κ2) is 13.4. The van der Waals surface area contributed by atoms with E-state index >= 15 is 0 Å². The number of primary amides is 1. The van der Waals surface area contributed by atoms with Gasteiger partial charge in [-0.25, -0.2) is 0 Å². The molecule has 2 fully saturated rings. The van der Waals surface area contributed by atoms with E-state index in [1.165, 1.54) is 12.1 Å². The molecule has 11 nitrogen and oxygen atoms in total. The molecule has 0 radical (unpaired) electrons. The minimum atomic E-state index is -1.13. The largest absolute Gasteiger partial charge is 0.508 e. The monoisotopic (exact) mass is 613 g/mol. The van der Waals surface area contributed by atoms with Crippen molar-refractivity contribution >= 4 is 23.6 Å². The van der Waals surface area contributed by atoms with Crippen LogP contribution in [0.25, 0.3) is 0 Å². The van der Waals surface area contributed by atoms with E-state index in [0.717, 1.165) is 11.1 Å². The lowest BCUT2D eigenvalue weighted by Crippen LogP contribution is -2.70. The van der Waals surface area contributed by atoms with Gasteiger partial charge in [-0.2, -0.15) is 0 Å². The first-order valence-electron chi connectivity index (χ1n) is 15.0. The van der Waals surface area contributed by atoms with Crippen LogP contribution >= 0.6 is 0 Å². The van der Waals surface area contributed by atoms with E-state index in [1.54, 1.807) is 53.3 Å². The first-order valence-corrected chi connectivity index (χ1v) is 15.0. The minimum Gasteiger partial charge on any atom is -0.508 e. The van der Waals surface area contributed by atoms with Crippen molar-refractivity contribution in [3.63, 3.8) is 0 Å². The average Bonchev–Trinajstić information content (AvgIpc) is 3.52. The third-order valence-electron chi connectivity index (χ3n) is 8.77. The van der Waals surface area contributed by atoms with Crippen molar-refractivity contribution in [2.45, 2.75) is 49.2 Å². The Morgan fingerprint density at radius 3 is 2.22 bits per heavy atom. The molecule has 11 heteroatoms. The van der Waals surface area contributed by atoms with E-state index < -0.39 is 35.4 Å². The highest BCUT2D eigenvalue weighted by molar-refractivity contribution is 5.97. The van der Waals surface area contributed by atoms with Gasteiger partial charge in [0.05, 0.1) is 13.2 Å². The van der Waals surface area contributed by atoms with Gasteiger partial charge in [-0.3, -0.25) is 19.2 Å². The van der Waals surface area contributed by atoms with Crippen LogP contribution in [-0.4, -0.2) is 83.4 Å². The quantitative estimate of drug-likeness (QED) is 0.252. The van der Waals surface area contributed by atoms with Gasteiger partial charge in [-0.1, -0.05) is 54.6 Å². The number of carbonyl (C=O) groups excluding carboxylic acids is 4. The summed E-state index contributed by atoms with van der Waals surface area (Å²) >= 11 is 0. The zero-order valence-corrected chi connectivity index (χ0v) is 25.2. The molecule has 2 saturated heterocycles. The van der Waals surface area contributed by atoms with E-state index in [2.05, 4.69) is 5.32 Å². The number of nitrogens with one attached hydrogen (secondary N) is 1. The zero-order valence-electron chi connectivity index (χ0n) is 25.2. The Kier molecular flexibility index (Phi) is 9.38. The van der Waals surface area contributed by atoms with Crippen LogP contribution in [0.2, 0.25) is 0 Å². The molecular weight excluding hydrogens is 574 g/mol. The van der Waals surface area contributed by atoms with Crippen molar-refractivity contribution in [2.24, 2.45) is 11.5 Å². The molecule has 2 aliphatic rings. The standard InChI is InChI=1S/C34H39N5O6/c1-45-26-15-11-24(12-16-26)34(33(44)37-28(30(36)41)19-22-6-3-2-4-7-22)20-38(21-34)32(43)29-8-5-17-39(29)31(42)27(35)18-23-9-13-25(40)14-10-23/h2-4,6-7,9-16,27-29,40H,5,8,17-21,35H2,1H3,(H2,36,41)(H,37,44)/t27-,28-,29-/m0/s1. The molecule has 236 valence electrons. The molecule has 2 aliphatic heterocycles. The van der Waals surface area contributed by atoms with Gasteiger partial charge < -0.3 is 36.4 Å². The molecule has 5 rings (SSSR count). The van der Waals surface area contributed by atoms with Crippen molar-refractivity contribution < 1.29 is 29.0 Å². The summed E-state index contributed by atoms with van der Waals surface area (Å²) in [5.41, 5.74) is 13.2. The van der Waals surface area contributed by atoms with Crippen molar-refractivity contribution in [3.05, 3.63) is 95.6 Å². The number of hydrogen-bond donors (Lipinski definition) is 4. The summed E-state index contributed by atoms with van der Waals surface area (Å²) in [7, 11) is 1.55. The second-order valence-corrected chi connectivity index (χ2v) is 11.8. The average molecular weight is 614 g/mol. The number of methoxy groups -OCH3 is 1. The van der Waals surface area contributed by atoms with Crippen molar-refractivity contribution in [2.75, 3.05) is 26.7 Å². The lowest BCUT2D eigenvalue weighted by Gasteiger charge is -2.50. The summed E-state index contributed by atoms with van der Waals surface area (Å²) in [6.07, 6.45) is 1.65. The molecule has 4 amide bonds. The first-order chi connectivity index (χ1) is 21.6. The third kappa shape index (κ3) is 6.78. The van der Waals surface area contributed by atoms with Gasteiger partial charge in [0.25, 0.3) is 0 Å². The summed E-state index contributed by atoms with van der Waals surface area (Å²) in [6.45, 7) is 0.550. The highest BCUT2D eigenvalue weighted by atomic mass is 16.5. The number of benzene rings is 3. The maximum absolute atomic E-state index is 14.0. The minimum absolute atomic E-state index is 0.0684. The van der Waals surface area contributed by atoms with E-state index in [1.807, 2.05) is 30.3 Å². The fourth-order valence-electron chi connectivity index (χ4n) is 6.18. The molecule has 0 aliphatic carbocycles. The van der Waals surface area contributed by atoms with E-state index in [-0.39, 0.29) is 43.5 Å². The normalized spacial score (nSPS) is 18.4. The highest BCUT2D eigenvalue weighted by Gasteiger charge is 2.54. The molecule has 0 unspecified atom stereocenters. The molecule has 0 saturated carbocycles. The Bertz CT molecular complexity index is 1520. The summed E-state index contributed by atoms with van der Waals surface area (Å²) in [5, 5.41) is 12.4. The van der Waals surface area contributed by atoms with Crippen LogP contribution in [0.5, 0.6) is 11.5 Å². The van der Waals surface area contributed by atoms with E-state index in [0.29, 0.717) is 30.7 Å². The Balaban J connectivity index is 1.31. The number of ether oxygens (including phenoxy) is 1. The number of carbonyl (C=O) groups is 4. The van der Waals surface area contributed by atoms with E-state index in [9.17, 15) is 24.3 Å². The van der Waals surface area contributed by atoms with Crippen molar-refractivity contribution in [1.29, 1.82) is 0 Å². The summed E-state index contributed by atoms with van der Waals surface area (Å²) < 4.78 is 5.29. The van der Waals surface area contributed by atoms with Gasteiger partial charge in [0.1, 0.15) is 29.0 Å². The number of amides is 4. The smallest absolute Gasteiger partial charge is 0.245 e. The zero-order chi connectivity index (χ0) is 32.1. The molecule has 3 aromatic carbocycles. The van der Waals surface area contributed by atoms with Gasteiger partial charge in [-0.15, -0.1) is 0 Å². The lowest BCUT2D eigenvalue weighted by molar-refractivity contribution is -0.153. The third-order valence-corrected chi connectivity index (χ3v) is 8.77. The van der Waals surface area contributed by atoms with Gasteiger partial charge in [0.2, 0.25) is 23.6 Å². The number of likely N-dealkylation sites (tertiary alicyclic amines) is 2. The van der Waals surface area contributed by atoms with Crippen LogP contribution in [0.4, 0.5) is 0 Å². The lowest BCUT2D eigenvalue weighted by atomic mass is 9.72. The number of nitrogens with two attached hydrogens (primary N) is 2. The number of phenols is 1. The Hall–Kier alpha value is -4.90. The summed E-state index contributed by atoms with van der Waals surface area (Å²) in [6, 6.07) is 20.4. The molecule has 3 atom stereocenters. The Labute approximate surface area is 262 Å². The SMILES string of the molecule is COc1ccc(C2(C(=O)N[C@@H](Cc3ccccc3)C(N)=O)CN(C(=O)[C@@H]3CCCN3C(=O)[C@@H](N)Cc3ccc(O)cc3)C2)cc1. The fourth-order valence-corrected chi connectivity index (χ4v) is 6.18. The van der Waals surface area contributed by atoms with Crippen LogP contribution < -0.4 is 21.5 Å². The highest BCUT2D eigenvalue weighted by Crippen LogP contribution is 2.38. The van der Waals surface area contributed by atoms with Gasteiger partial charge in [-0.05, 0) is 60.2 Å². The van der Waals surface area contributed by atoms with Crippen molar-refractivity contribution in [3.8, 4) is 11.5 Å². The second-order valence-electron chi connectivity index (χ2n) is 11.8.